The first-order valence-corrected chi connectivity index (χ1v) is 15.3. The molecule has 2 aromatic rings. The molecule has 1 N–H and O–H groups in total. The number of hydrogen-bond acceptors (Lipinski definition) is 5. The zero-order valence-electron chi connectivity index (χ0n) is 24.8. The molecule has 2 aromatic carbocycles. The zero-order valence-corrected chi connectivity index (χ0v) is 24.8. The number of benzene rings is 2. The molecule has 0 saturated carbocycles. The first-order valence-electron chi connectivity index (χ1n) is 15.3. The highest BCUT2D eigenvalue weighted by Gasteiger charge is 2.06. The van der Waals surface area contributed by atoms with E-state index in [-0.39, 0.29) is 11.9 Å². The van der Waals surface area contributed by atoms with Crippen molar-refractivity contribution in [3.8, 4) is 5.75 Å². The topological polar surface area (TPSA) is 77.0 Å². The Labute approximate surface area is 241 Å². The molecule has 220 valence electrons. The Balaban J connectivity index is 1.53. The lowest BCUT2D eigenvalue weighted by atomic mass is 10.0. The van der Waals surface area contributed by atoms with E-state index in [2.05, 4.69) is 17.5 Å². The van der Waals surface area contributed by atoms with Crippen molar-refractivity contribution in [2.45, 2.75) is 116 Å². The molecule has 6 heteroatoms. The summed E-state index contributed by atoms with van der Waals surface area (Å²) >= 11 is 0. The van der Waals surface area contributed by atoms with Gasteiger partial charge in [0.15, 0.2) is 0 Å². The van der Waals surface area contributed by atoms with Gasteiger partial charge < -0.3 is 9.47 Å². The molecule has 0 aromatic heterocycles. The summed E-state index contributed by atoms with van der Waals surface area (Å²) in [6, 6.07) is 14.6. The number of hydrazone groups is 1. The van der Waals surface area contributed by atoms with Crippen molar-refractivity contribution in [1.29, 1.82) is 0 Å². The lowest BCUT2D eigenvalue weighted by molar-refractivity contribution is -0.121. The summed E-state index contributed by atoms with van der Waals surface area (Å²) in [5, 5.41) is 4.13. The number of unbranched alkanes of at least 4 members (excludes halogenated alkanes) is 14. The quantitative estimate of drug-likeness (QED) is 0.0688. The smallest absolute Gasteiger partial charge is 0.337 e. The Kier molecular flexibility index (Phi) is 17.9. The summed E-state index contributed by atoms with van der Waals surface area (Å²) in [6.07, 6.45) is 21.7. The summed E-state index contributed by atoms with van der Waals surface area (Å²) < 4.78 is 10.7. The van der Waals surface area contributed by atoms with Gasteiger partial charge in [-0.2, -0.15) is 5.10 Å². The van der Waals surface area contributed by atoms with Crippen molar-refractivity contribution in [1.82, 2.24) is 5.43 Å². The molecule has 0 bridgehead atoms. The molecule has 6 nitrogen and oxygen atoms in total. The van der Waals surface area contributed by atoms with Gasteiger partial charge in [-0.15, -0.1) is 0 Å². The summed E-state index contributed by atoms with van der Waals surface area (Å²) in [6.45, 7) is 2.62. The number of nitrogens with one attached hydrogen (secondary N) is 1. The van der Waals surface area contributed by atoms with Crippen LogP contribution in [0.3, 0.4) is 0 Å². The van der Waals surface area contributed by atoms with E-state index in [0.29, 0.717) is 24.3 Å². The van der Waals surface area contributed by atoms with Gasteiger partial charge in [0.2, 0.25) is 5.91 Å². The number of rotatable bonds is 22. The van der Waals surface area contributed by atoms with E-state index in [1.165, 1.54) is 90.6 Å². The van der Waals surface area contributed by atoms with Crippen LogP contribution in [-0.2, 0) is 16.1 Å². The number of hydrogen-bond donors (Lipinski definition) is 1. The van der Waals surface area contributed by atoms with Gasteiger partial charge in [0.1, 0.15) is 12.4 Å². The van der Waals surface area contributed by atoms with Crippen LogP contribution < -0.4 is 10.2 Å². The van der Waals surface area contributed by atoms with Gasteiger partial charge in [0.05, 0.1) is 18.9 Å². The molecular weight excluding hydrogens is 500 g/mol. The van der Waals surface area contributed by atoms with Gasteiger partial charge in [-0.05, 0) is 36.2 Å². The highest BCUT2D eigenvalue weighted by Crippen LogP contribution is 2.18. The van der Waals surface area contributed by atoms with E-state index >= 15 is 0 Å². The average molecular weight is 551 g/mol. The van der Waals surface area contributed by atoms with Crippen molar-refractivity contribution in [3.63, 3.8) is 0 Å². The second-order valence-electron chi connectivity index (χ2n) is 10.5. The lowest BCUT2D eigenvalue weighted by Crippen LogP contribution is -2.17. The standard InChI is InChI=1S/C34H50N2O4/c1-3-4-5-6-7-8-9-10-11-12-13-14-15-16-17-22-33(37)36-35-27-31-20-18-19-21-32(31)40-28-29-23-25-30(26-24-29)34(38)39-2/h18-21,23-27H,3-17,22,28H2,1-2H3,(H,36,37)/b35-27+. The lowest BCUT2D eigenvalue weighted by Gasteiger charge is -2.09. The first-order chi connectivity index (χ1) is 19.6. The largest absolute Gasteiger partial charge is 0.488 e. The fourth-order valence-corrected chi connectivity index (χ4v) is 4.62. The van der Waals surface area contributed by atoms with E-state index < -0.39 is 0 Å². The minimum Gasteiger partial charge on any atom is -0.488 e. The van der Waals surface area contributed by atoms with E-state index in [1.807, 2.05) is 36.4 Å². The predicted octanol–water partition coefficient (Wildman–Crippen LogP) is 8.76. The van der Waals surface area contributed by atoms with E-state index in [1.54, 1.807) is 18.3 Å². The van der Waals surface area contributed by atoms with Crippen molar-refractivity contribution in [3.05, 3.63) is 65.2 Å². The number of ether oxygens (including phenoxy) is 2. The predicted molar refractivity (Wildman–Crippen MR) is 164 cm³/mol. The SMILES string of the molecule is CCCCCCCCCCCCCCCCCC(=O)N/N=C/c1ccccc1OCc1ccc(C(=O)OC)cc1. The number of esters is 1. The molecule has 40 heavy (non-hydrogen) atoms. The van der Waals surface area contributed by atoms with Crippen LogP contribution >= 0.6 is 0 Å². The Hall–Kier alpha value is -3.15. The van der Waals surface area contributed by atoms with E-state index in [0.717, 1.165) is 24.0 Å². The van der Waals surface area contributed by atoms with Crippen LogP contribution in [0.4, 0.5) is 0 Å². The molecule has 2 rings (SSSR count). The number of para-hydroxylation sites is 1. The Morgan fingerprint density at radius 2 is 1.30 bits per heavy atom. The Morgan fingerprint density at radius 3 is 1.88 bits per heavy atom. The third-order valence-corrected chi connectivity index (χ3v) is 7.09. The third-order valence-electron chi connectivity index (χ3n) is 7.09. The van der Waals surface area contributed by atoms with Crippen molar-refractivity contribution in [2.24, 2.45) is 5.10 Å². The Morgan fingerprint density at radius 1 is 0.750 bits per heavy atom. The molecule has 0 aliphatic heterocycles. The van der Waals surface area contributed by atoms with Gasteiger partial charge in [-0.3, -0.25) is 4.79 Å². The second kappa shape index (κ2) is 21.6. The molecule has 0 aliphatic rings. The molecule has 0 heterocycles. The zero-order chi connectivity index (χ0) is 28.7. The van der Waals surface area contributed by atoms with Crippen LogP contribution in [0.15, 0.2) is 53.6 Å². The normalized spacial score (nSPS) is 11.1. The maximum atomic E-state index is 12.2. The van der Waals surface area contributed by atoms with Gasteiger partial charge in [-0.1, -0.05) is 121 Å². The average Bonchev–Trinajstić information content (AvgIpc) is 2.98. The fourth-order valence-electron chi connectivity index (χ4n) is 4.62. The number of nitrogens with zero attached hydrogens (tertiary/aromatic N) is 1. The number of carbonyl (C=O) groups excluding carboxylic acids is 2. The Bertz CT molecular complexity index is 988. The van der Waals surface area contributed by atoms with E-state index in [9.17, 15) is 9.59 Å². The molecule has 0 radical (unpaired) electrons. The summed E-state index contributed by atoms with van der Waals surface area (Å²) in [7, 11) is 1.36. The fraction of sp³-hybridized carbons (Fsp3) is 0.559. The van der Waals surface area contributed by atoms with Gasteiger partial charge in [0, 0.05) is 12.0 Å². The molecule has 0 atom stereocenters. The molecule has 0 saturated heterocycles. The molecule has 0 aliphatic carbocycles. The third kappa shape index (κ3) is 14.9. The minimum atomic E-state index is -0.365. The molecule has 0 fully saturated rings. The summed E-state index contributed by atoms with van der Waals surface area (Å²) in [4.78, 5) is 23.8. The van der Waals surface area contributed by atoms with Crippen LogP contribution in [0, 0.1) is 0 Å². The van der Waals surface area contributed by atoms with Crippen LogP contribution in [-0.4, -0.2) is 25.2 Å². The van der Waals surface area contributed by atoms with Crippen LogP contribution in [0.2, 0.25) is 0 Å². The molecule has 0 unspecified atom stereocenters. The second-order valence-corrected chi connectivity index (χ2v) is 10.5. The van der Waals surface area contributed by atoms with Gasteiger partial charge >= 0.3 is 5.97 Å². The molecular formula is C34H50N2O4. The van der Waals surface area contributed by atoms with Gasteiger partial charge in [0.25, 0.3) is 0 Å². The first kappa shape index (κ1) is 33.1. The number of methoxy groups -OCH3 is 1. The van der Waals surface area contributed by atoms with Gasteiger partial charge in [-0.25, -0.2) is 10.2 Å². The minimum absolute atomic E-state index is 0.0601. The van der Waals surface area contributed by atoms with E-state index in [4.69, 9.17) is 9.47 Å². The van der Waals surface area contributed by atoms with Crippen molar-refractivity contribution in [2.75, 3.05) is 7.11 Å². The summed E-state index contributed by atoms with van der Waals surface area (Å²) in [5.41, 5.74) is 4.84. The molecule has 0 spiro atoms. The van der Waals surface area contributed by atoms with Crippen LogP contribution in [0.5, 0.6) is 5.75 Å². The highest BCUT2D eigenvalue weighted by atomic mass is 16.5. The molecule has 1 amide bonds. The van der Waals surface area contributed by atoms with Crippen molar-refractivity contribution < 1.29 is 19.1 Å². The van der Waals surface area contributed by atoms with Crippen LogP contribution in [0.25, 0.3) is 0 Å². The maximum Gasteiger partial charge on any atom is 0.337 e. The highest BCUT2D eigenvalue weighted by molar-refractivity contribution is 5.89. The maximum absolute atomic E-state index is 12.2. The summed E-state index contributed by atoms with van der Waals surface area (Å²) in [5.74, 6) is 0.241. The van der Waals surface area contributed by atoms with Crippen molar-refractivity contribution >= 4 is 18.1 Å². The number of carbonyl (C=O) groups is 2. The number of amides is 1. The van der Waals surface area contributed by atoms with Crippen LogP contribution in [0.1, 0.15) is 131 Å². The monoisotopic (exact) mass is 550 g/mol.